The van der Waals surface area contributed by atoms with Crippen LogP contribution in [0.15, 0.2) is 24.3 Å². The Kier molecular flexibility index (Phi) is 8.31. The second-order valence-corrected chi connectivity index (χ2v) is 5.30. The van der Waals surface area contributed by atoms with Crippen molar-refractivity contribution in [3.8, 4) is 5.75 Å². The highest BCUT2D eigenvalue weighted by Gasteiger charge is 2.10. The molecule has 0 saturated carbocycles. The molecule has 1 rings (SSSR count). The lowest BCUT2D eigenvalue weighted by atomic mass is 9.99. The third-order valence-corrected chi connectivity index (χ3v) is 3.64. The van der Waals surface area contributed by atoms with Gasteiger partial charge in [-0.3, -0.25) is 0 Å². The fourth-order valence-corrected chi connectivity index (χ4v) is 2.42. The average molecular weight is 279 g/mol. The monoisotopic (exact) mass is 279 g/mol. The summed E-state index contributed by atoms with van der Waals surface area (Å²) in [6.45, 7) is 8.31. The number of hydrogen-bond acceptors (Lipinski definition) is 3. The molecule has 0 radical (unpaired) electrons. The maximum absolute atomic E-state index is 9.08. The second kappa shape index (κ2) is 9.78. The molecule has 2 unspecified atom stereocenters. The largest absolute Gasteiger partial charge is 0.494 e. The van der Waals surface area contributed by atoms with Gasteiger partial charge in [-0.05, 0) is 56.8 Å². The van der Waals surface area contributed by atoms with Crippen molar-refractivity contribution in [2.24, 2.45) is 5.92 Å². The molecule has 1 aromatic carbocycles. The van der Waals surface area contributed by atoms with Gasteiger partial charge >= 0.3 is 0 Å². The van der Waals surface area contributed by atoms with Gasteiger partial charge in [-0.15, -0.1) is 0 Å². The molecular weight excluding hydrogens is 250 g/mol. The van der Waals surface area contributed by atoms with Crippen LogP contribution in [0.1, 0.15) is 51.6 Å². The molecule has 0 fully saturated rings. The Balaban J connectivity index is 2.46. The average Bonchev–Trinajstić information content (AvgIpc) is 2.46. The Morgan fingerprint density at radius 2 is 1.85 bits per heavy atom. The first-order chi connectivity index (χ1) is 9.71. The van der Waals surface area contributed by atoms with Crippen molar-refractivity contribution in [1.29, 1.82) is 0 Å². The molecule has 0 heterocycles. The van der Waals surface area contributed by atoms with Gasteiger partial charge in [0.2, 0.25) is 0 Å². The van der Waals surface area contributed by atoms with Gasteiger partial charge in [0.05, 0.1) is 6.61 Å². The minimum absolute atomic E-state index is 0.282. The SMILES string of the molecule is CCCC(CCO)CNC(C)c1ccc(OCC)cc1. The summed E-state index contributed by atoms with van der Waals surface area (Å²) in [4.78, 5) is 0. The van der Waals surface area contributed by atoms with E-state index in [1.54, 1.807) is 0 Å². The molecule has 2 N–H and O–H groups in total. The number of aliphatic hydroxyl groups excluding tert-OH is 1. The highest BCUT2D eigenvalue weighted by atomic mass is 16.5. The third kappa shape index (κ3) is 5.93. The van der Waals surface area contributed by atoms with E-state index in [4.69, 9.17) is 9.84 Å². The number of rotatable bonds is 10. The van der Waals surface area contributed by atoms with Crippen LogP contribution in [0.2, 0.25) is 0 Å². The number of ether oxygens (including phenoxy) is 1. The Labute approximate surface area is 123 Å². The summed E-state index contributed by atoms with van der Waals surface area (Å²) in [5.74, 6) is 1.49. The fraction of sp³-hybridized carbons (Fsp3) is 0.647. The minimum atomic E-state index is 0.282. The molecule has 3 heteroatoms. The van der Waals surface area contributed by atoms with Crippen LogP contribution in [0.3, 0.4) is 0 Å². The highest BCUT2D eigenvalue weighted by molar-refractivity contribution is 5.28. The van der Waals surface area contributed by atoms with Crippen molar-refractivity contribution in [1.82, 2.24) is 5.32 Å². The van der Waals surface area contributed by atoms with E-state index in [2.05, 4.69) is 31.3 Å². The van der Waals surface area contributed by atoms with Crippen LogP contribution >= 0.6 is 0 Å². The van der Waals surface area contributed by atoms with Crippen LogP contribution in [-0.2, 0) is 0 Å². The molecule has 0 aliphatic heterocycles. The first-order valence-electron chi connectivity index (χ1n) is 7.78. The molecule has 0 aromatic heterocycles. The lowest BCUT2D eigenvalue weighted by Crippen LogP contribution is -2.26. The van der Waals surface area contributed by atoms with E-state index >= 15 is 0 Å². The lowest BCUT2D eigenvalue weighted by Gasteiger charge is -2.20. The van der Waals surface area contributed by atoms with Gasteiger partial charge in [-0.25, -0.2) is 0 Å². The van der Waals surface area contributed by atoms with Crippen molar-refractivity contribution in [3.63, 3.8) is 0 Å². The molecule has 20 heavy (non-hydrogen) atoms. The van der Waals surface area contributed by atoms with Crippen LogP contribution in [0, 0.1) is 5.92 Å². The molecular formula is C17H29NO2. The first kappa shape index (κ1) is 17.0. The first-order valence-corrected chi connectivity index (χ1v) is 7.78. The van der Waals surface area contributed by atoms with Crippen LogP contribution < -0.4 is 10.1 Å². The van der Waals surface area contributed by atoms with E-state index in [1.165, 1.54) is 18.4 Å². The van der Waals surface area contributed by atoms with Gasteiger partial charge in [0.15, 0.2) is 0 Å². The van der Waals surface area contributed by atoms with Crippen molar-refractivity contribution >= 4 is 0 Å². The second-order valence-electron chi connectivity index (χ2n) is 5.30. The van der Waals surface area contributed by atoms with Gasteiger partial charge in [-0.2, -0.15) is 0 Å². The summed E-state index contributed by atoms with van der Waals surface area (Å²) in [6.07, 6.45) is 3.23. The van der Waals surface area contributed by atoms with E-state index in [0.29, 0.717) is 18.6 Å². The van der Waals surface area contributed by atoms with Crippen LogP contribution in [0.5, 0.6) is 5.75 Å². The molecule has 114 valence electrons. The van der Waals surface area contributed by atoms with Crippen molar-refractivity contribution in [2.45, 2.75) is 46.1 Å². The number of benzene rings is 1. The number of aliphatic hydroxyl groups is 1. The zero-order valence-electron chi connectivity index (χ0n) is 13.1. The van der Waals surface area contributed by atoms with Gasteiger partial charge in [0.1, 0.15) is 5.75 Å². The zero-order valence-corrected chi connectivity index (χ0v) is 13.1. The maximum atomic E-state index is 9.08. The quantitative estimate of drug-likeness (QED) is 0.688. The predicted molar refractivity (Wildman–Crippen MR) is 84.1 cm³/mol. The van der Waals surface area contributed by atoms with Gasteiger partial charge in [0, 0.05) is 12.6 Å². The van der Waals surface area contributed by atoms with Crippen molar-refractivity contribution in [2.75, 3.05) is 19.8 Å². The summed E-state index contributed by atoms with van der Waals surface area (Å²) < 4.78 is 5.45. The Morgan fingerprint density at radius 3 is 2.40 bits per heavy atom. The molecule has 0 amide bonds. The number of hydrogen-bond donors (Lipinski definition) is 2. The third-order valence-electron chi connectivity index (χ3n) is 3.64. The summed E-state index contributed by atoms with van der Waals surface area (Å²) in [5, 5.41) is 12.7. The summed E-state index contributed by atoms with van der Waals surface area (Å²) in [7, 11) is 0. The normalized spacial score (nSPS) is 14.0. The maximum Gasteiger partial charge on any atom is 0.119 e. The standard InChI is InChI=1S/C17H29NO2/c1-4-6-15(11-12-19)13-18-14(3)16-7-9-17(10-8-16)20-5-2/h7-10,14-15,18-19H,4-6,11-13H2,1-3H3. The number of nitrogens with one attached hydrogen (secondary N) is 1. The van der Waals surface area contributed by atoms with Crippen LogP contribution in [0.25, 0.3) is 0 Å². The smallest absolute Gasteiger partial charge is 0.119 e. The van der Waals surface area contributed by atoms with E-state index < -0.39 is 0 Å². The van der Waals surface area contributed by atoms with Crippen LogP contribution in [0.4, 0.5) is 0 Å². The zero-order chi connectivity index (χ0) is 14.8. The van der Waals surface area contributed by atoms with E-state index in [0.717, 1.165) is 18.7 Å². The minimum Gasteiger partial charge on any atom is -0.494 e. The van der Waals surface area contributed by atoms with Gasteiger partial charge in [0.25, 0.3) is 0 Å². The molecule has 0 aliphatic carbocycles. The van der Waals surface area contributed by atoms with Crippen molar-refractivity contribution in [3.05, 3.63) is 29.8 Å². The Hall–Kier alpha value is -1.06. The Bertz CT molecular complexity index is 345. The van der Waals surface area contributed by atoms with E-state index in [1.807, 2.05) is 19.1 Å². The summed E-state index contributed by atoms with van der Waals surface area (Å²) in [6, 6.07) is 8.60. The summed E-state index contributed by atoms with van der Waals surface area (Å²) in [5.41, 5.74) is 1.27. The predicted octanol–water partition coefficient (Wildman–Crippen LogP) is 3.53. The van der Waals surface area contributed by atoms with Gasteiger partial charge < -0.3 is 15.2 Å². The molecule has 0 aliphatic rings. The van der Waals surface area contributed by atoms with E-state index in [9.17, 15) is 0 Å². The Morgan fingerprint density at radius 1 is 1.15 bits per heavy atom. The summed E-state index contributed by atoms with van der Waals surface area (Å²) >= 11 is 0. The molecule has 1 aromatic rings. The molecule has 0 spiro atoms. The van der Waals surface area contributed by atoms with E-state index in [-0.39, 0.29) is 6.61 Å². The molecule has 2 atom stereocenters. The van der Waals surface area contributed by atoms with Crippen molar-refractivity contribution < 1.29 is 9.84 Å². The fourth-order valence-electron chi connectivity index (χ4n) is 2.42. The topological polar surface area (TPSA) is 41.5 Å². The highest BCUT2D eigenvalue weighted by Crippen LogP contribution is 2.18. The molecule has 3 nitrogen and oxygen atoms in total. The molecule has 0 bridgehead atoms. The van der Waals surface area contributed by atoms with Gasteiger partial charge in [-0.1, -0.05) is 25.5 Å². The molecule has 0 saturated heterocycles. The van der Waals surface area contributed by atoms with Crippen LogP contribution in [-0.4, -0.2) is 24.9 Å². The lowest BCUT2D eigenvalue weighted by molar-refractivity contribution is 0.246.